The molecule has 0 radical (unpaired) electrons. The first-order valence-electron chi connectivity index (χ1n) is 9.11. The molecule has 0 aliphatic rings. The van der Waals surface area contributed by atoms with E-state index in [0.717, 1.165) is 12.0 Å². The van der Waals surface area contributed by atoms with Gasteiger partial charge in [-0.2, -0.15) is 0 Å². The summed E-state index contributed by atoms with van der Waals surface area (Å²) in [6, 6.07) is 13.3. The van der Waals surface area contributed by atoms with E-state index in [-0.39, 0.29) is 41.2 Å². The Balaban J connectivity index is 0.00000420. The van der Waals surface area contributed by atoms with Gasteiger partial charge in [0.25, 0.3) is 0 Å². The summed E-state index contributed by atoms with van der Waals surface area (Å²) in [5.41, 5.74) is 1.65. The Morgan fingerprint density at radius 3 is 2.34 bits per heavy atom. The lowest BCUT2D eigenvalue weighted by Crippen LogP contribution is -2.38. The monoisotopic (exact) mass is 534 g/mol. The van der Waals surface area contributed by atoms with Gasteiger partial charge in [-0.25, -0.2) is 22.1 Å². The van der Waals surface area contributed by atoms with Crippen molar-refractivity contribution in [3.05, 3.63) is 65.5 Å². The molecule has 0 saturated carbocycles. The zero-order valence-electron chi connectivity index (χ0n) is 16.9. The maximum absolute atomic E-state index is 13.0. The number of halogens is 2. The lowest BCUT2D eigenvalue weighted by Gasteiger charge is -2.15. The van der Waals surface area contributed by atoms with Gasteiger partial charge in [-0.3, -0.25) is 0 Å². The van der Waals surface area contributed by atoms with Crippen molar-refractivity contribution >= 4 is 40.0 Å². The summed E-state index contributed by atoms with van der Waals surface area (Å²) in [7, 11) is -0.511. The van der Waals surface area contributed by atoms with Gasteiger partial charge in [-0.05, 0) is 42.7 Å². The van der Waals surface area contributed by atoms with Crippen LogP contribution < -0.4 is 10.6 Å². The molecule has 0 aliphatic heterocycles. The molecule has 2 N–H and O–H groups in total. The maximum Gasteiger partial charge on any atom is 0.242 e. The predicted molar refractivity (Wildman–Crippen MR) is 126 cm³/mol. The predicted octanol–water partition coefficient (Wildman–Crippen LogP) is 2.99. The van der Waals surface area contributed by atoms with Crippen LogP contribution in [0.5, 0.6) is 0 Å². The normalized spacial score (nSPS) is 11.8. The van der Waals surface area contributed by atoms with Gasteiger partial charge in [0, 0.05) is 27.2 Å². The van der Waals surface area contributed by atoms with Crippen LogP contribution in [0.1, 0.15) is 18.1 Å². The van der Waals surface area contributed by atoms with Crippen LogP contribution in [0.15, 0.2) is 58.4 Å². The Morgan fingerprint density at radius 1 is 1.07 bits per heavy atom. The molecule has 0 aliphatic carbocycles. The van der Waals surface area contributed by atoms with Crippen LogP contribution in [0, 0.1) is 5.82 Å². The molecule has 9 heteroatoms. The van der Waals surface area contributed by atoms with Gasteiger partial charge in [-0.15, -0.1) is 24.0 Å². The third kappa shape index (κ3) is 7.56. The van der Waals surface area contributed by atoms with E-state index in [2.05, 4.69) is 15.6 Å². The number of hydrogen-bond acceptors (Lipinski definition) is 3. The molecule has 2 aromatic carbocycles. The Bertz CT molecular complexity index is 903. The van der Waals surface area contributed by atoms with Crippen molar-refractivity contribution in [1.29, 1.82) is 0 Å². The highest BCUT2D eigenvalue weighted by atomic mass is 127. The largest absolute Gasteiger partial charge is 0.357 e. The molecule has 0 saturated heterocycles. The maximum atomic E-state index is 13.0. The van der Waals surface area contributed by atoms with E-state index >= 15 is 0 Å². The number of nitrogens with one attached hydrogen (secondary N) is 2. The first-order valence-corrected chi connectivity index (χ1v) is 10.6. The van der Waals surface area contributed by atoms with Crippen LogP contribution in [0.2, 0.25) is 0 Å². The Labute approximate surface area is 189 Å². The number of guanidine groups is 1. The molecule has 6 nitrogen and oxygen atoms in total. The number of benzene rings is 2. The van der Waals surface area contributed by atoms with Gasteiger partial charge in [0.15, 0.2) is 5.96 Å². The number of rotatable bonds is 8. The minimum absolute atomic E-state index is 0. The fraction of sp³-hybridized carbons (Fsp3) is 0.350. The molecule has 0 bridgehead atoms. The lowest BCUT2D eigenvalue weighted by atomic mass is 10.1. The average Bonchev–Trinajstić information content (AvgIpc) is 2.67. The van der Waals surface area contributed by atoms with E-state index in [1.165, 1.54) is 30.5 Å². The summed E-state index contributed by atoms with van der Waals surface area (Å²) in [6.45, 7) is 3.49. The van der Waals surface area contributed by atoms with E-state index in [1.54, 1.807) is 36.4 Å². The summed E-state index contributed by atoms with van der Waals surface area (Å²) in [5, 5.41) is 6.37. The SMILES string of the molecule is CCNC(=NCc1ccccc1S(=O)(=O)N(C)C)NCCc1ccc(F)cc1.I. The Hall–Kier alpha value is -1.72. The van der Waals surface area contributed by atoms with Gasteiger partial charge >= 0.3 is 0 Å². The lowest BCUT2D eigenvalue weighted by molar-refractivity contribution is 0.519. The summed E-state index contributed by atoms with van der Waals surface area (Å²) >= 11 is 0. The van der Waals surface area contributed by atoms with Crippen molar-refractivity contribution in [2.45, 2.75) is 24.8 Å². The molecule has 29 heavy (non-hydrogen) atoms. The molecular formula is C20H28FIN4O2S. The minimum atomic E-state index is -3.53. The van der Waals surface area contributed by atoms with Crippen LogP contribution in [0.25, 0.3) is 0 Å². The first kappa shape index (κ1) is 25.3. The second-order valence-corrected chi connectivity index (χ2v) is 8.51. The summed E-state index contributed by atoms with van der Waals surface area (Å²) < 4.78 is 39.2. The van der Waals surface area contributed by atoms with Crippen molar-refractivity contribution in [3.8, 4) is 0 Å². The molecule has 0 unspecified atom stereocenters. The topological polar surface area (TPSA) is 73.8 Å². The van der Waals surface area contributed by atoms with Gasteiger partial charge in [0.05, 0.1) is 11.4 Å². The smallest absolute Gasteiger partial charge is 0.242 e. The van der Waals surface area contributed by atoms with Crippen molar-refractivity contribution in [1.82, 2.24) is 14.9 Å². The first-order chi connectivity index (χ1) is 13.3. The highest BCUT2D eigenvalue weighted by Crippen LogP contribution is 2.19. The number of sulfonamides is 1. The highest BCUT2D eigenvalue weighted by molar-refractivity contribution is 14.0. The second kappa shape index (κ2) is 12.1. The minimum Gasteiger partial charge on any atom is -0.357 e. The zero-order chi connectivity index (χ0) is 20.6. The van der Waals surface area contributed by atoms with Crippen LogP contribution in [0.3, 0.4) is 0 Å². The molecule has 0 heterocycles. The average molecular weight is 534 g/mol. The van der Waals surface area contributed by atoms with E-state index < -0.39 is 10.0 Å². The van der Waals surface area contributed by atoms with Crippen molar-refractivity contribution in [2.75, 3.05) is 27.2 Å². The number of aliphatic imine (C=N–C) groups is 1. The summed E-state index contributed by atoms with van der Waals surface area (Å²) in [6.07, 6.45) is 0.719. The van der Waals surface area contributed by atoms with Crippen LogP contribution in [-0.2, 0) is 23.0 Å². The van der Waals surface area contributed by atoms with Crippen molar-refractivity contribution < 1.29 is 12.8 Å². The molecule has 2 aromatic rings. The third-order valence-corrected chi connectivity index (χ3v) is 6.02. The van der Waals surface area contributed by atoms with E-state index in [0.29, 0.717) is 24.6 Å². The summed E-state index contributed by atoms with van der Waals surface area (Å²) in [4.78, 5) is 4.77. The molecule has 2 rings (SSSR count). The molecule has 0 spiro atoms. The van der Waals surface area contributed by atoms with Crippen molar-refractivity contribution in [2.24, 2.45) is 4.99 Å². The van der Waals surface area contributed by atoms with E-state index in [4.69, 9.17) is 0 Å². The number of nitrogens with zero attached hydrogens (tertiary/aromatic N) is 2. The molecule has 0 fully saturated rings. The van der Waals surface area contributed by atoms with Crippen LogP contribution in [-0.4, -0.2) is 45.9 Å². The van der Waals surface area contributed by atoms with E-state index in [1.807, 2.05) is 6.92 Å². The molecule has 0 atom stereocenters. The molecule has 0 aromatic heterocycles. The van der Waals surface area contributed by atoms with Crippen LogP contribution in [0.4, 0.5) is 4.39 Å². The molecule has 0 amide bonds. The Kier molecular flexibility index (Phi) is 10.5. The third-order valence-electron chi connectivity index (χ3n) is 4.10. The molecule has 160 valence electrons. The van der Waals surface area contributed by atoms with E-state index in [9.17, 15) is 12.8 Å². The standard InChI is InChI=1S/C20H27FN4O2S.HI/c1-4-22-20(23-14-13-16-9-11-18(21)12-10-16)24-15-17-7-5-6-8-19(17)28(26,27)25(2)3;/h5-12H,4,13-15H2,1-3H3,(H2,22,23,24);1H. The highest BCUT2D eigenvalue weighted by Gasteiger charge is 2.20. The molecular weight excluding hydrogens is 506 g/mol. The van der Waals surface area contributed by atoms with Gasteiger partial charge < -0.3 is 10.6 Å². The van der Waals surface area contributed by atoms with Crippen molar-refractivity contribution in [3.63, 3.8) is 0 Å². The van der Waals surface area contributed by atoms with Gasteiger partial charge in [-0.1, -0.05) is 30.3 Å². The summed E-state index contributed by atoms with van der Waals surface area (Å²) in [5.74, 6) is 0.347. The quantitative estimate of drug-likeness (QED) is 0.311. The second-order valence-electron chi connectivity index (χ2n) is 6.39. The zero-order valence-corrected chi connectivity index (χ0v) is 20.0. The van der Waals surface area contributed by atoms with Crippen LogP contribution >= 0.6 is 24.0 Å². The van der Waals surface area contributed by atoms with Gasteiger partial charge in [0.2, 0.25) is 10.0 Å². The van der Waals surface area contributed by atoms with Gasteiger partial charge in [0.1, 0.15) is 5.82 Å². The number of hydrogen-bond donors (Lipinski definition) is 2. The fourth-order valence-corrected chi connectivity index (χ4v) is 3.67. The Morgan fingerprint density at radius 2 is 1.72 bits per heavy atom. The fourth-order valence-electron chi connectivity index (χ4n) is 2.57.